The van der Waals surface area contributed by atoms with Crippen LogP contribution in [0.4, 0.5) is 5.69 Å². The second-order valence-electron chi connectivity index (χ2n) is 7.12. The molecule has 0 aliphatic heterocycles. The van der Waals surface area contributed by atoms with Gasteiger partial charge < -0.3 is 14.6 Å². The fourth-order valence-corrected chi connectivity index (χ4v) is 3.76. The van der Waals surface area contributed by atoms with Gasteiger partial charge in [0.2, 0.25) is 5.91 Å². The normalized spacial score (nSPS) is 10.7. The number of esters is 1. The number of aryl methyl sites for hydroxylation is 1. The highest BCUT2D eigenvalue weighted by molar-refractivity contribution is 6.31. The van der Waals surface area contributed by atoms with Crippen LogP contribution >= 0.6 is 11.6 Å². The van der Waals surface area contributed by atoms with Crippen LogP contribution in [0.2, 0.25) is 5.02 Å². The molecule has 5 nitrogen and oxygen atoms in total. The summed E-state index contributed by atoms with van der Waals surface area (Å²) < 4.78 is 7.11. The van der Waals surface area contributed by atoms with Gasteiger partial charge in [0, 0.05) is 16.4 Å². The summed E-state index contributed by atoms with van der Waals surface area (Å²) in [4.78, 5) is 25.4. The van der Waals surface area contributed by atoms with E-state index in [2.05, 4.69) is 5.32 Å². The maximum atomic E-state index is 12.8. The van der Waals surface area contributed by atoms with E-state index in [1.807, 2.05) is 67.8 Å². The predicted octanol–water partition coefficient (Wildman–Crippen LogP) is 5.55. The number of carbonyl (C=O) groups is 2. The van der Waals surface area contributed by atoms with Crippen LogP contribution in [-0.2, 0) is 16.1 Å². The molecule has 1 N–H and O–H groups in total. The number of nitrogens with one attached hydrogen (secondary N) is 1. The lowest BCUT2D eigenvalue weighted by atomic mass is 10.1. The number of hydrogen-bond acceptors (Lipinski definition) is 3. The van der Waals surface area contributed by atoms with E-state index in [9.17, 15) is 9.59 Å². The van der Waals surface area contributed by atoms with Gasteiger partial charge in [0.15, 0.2) is 0 Å². The van der Waals surface area contributed by atoms with Crippen LogP contribution in [0.5, 0.6) is 0 Å². The van der Waals surface area contributed by atoms with Crippen molar-refractivity contribution in [3.63, 3.8) is 0 Å². The van der Waals surface area contributed by atoms with Crippen molar-refractivity contribution >= 4 is 29.2 Å². The van der Waals surface area contributed by atoms with E-state index >= 15 is 0 Å². The topological polar surface area (TPSA) is 60.3 Å². The summed E-state index contributed by atoms with van der Waals surface area (Å²) in [6.07, 6.45) is 0. The van der Waals surface area contributed by atoms with Gasteiger partial charge in [-0.2, -0.15) is 0 Å². The van der Waals surface area contributed by atoms with Crippen molar-refractivity contribution in [1.82, 2.24) is 4.57 Å². The molecule has 0 saturated heterocycles. The van der Waals surface area contributed by atoms with E-state index in [1.165, 1.54) is 0 Å². The molecule has 0 radical (unpaired) electrons. The number of halogens is 1. The molecule has 1 amide bonds. The number of rotatable bonds is 6. The minimum absolute atomic E-state index is 0.0573. The monoisotopic (exact) mass is 424 g/mol. The number of ether oxygens (including phenoxy) is 1. The van der Waals surface area contributed by atoms with E-state index in [1.54, 1.807) is 13.0 Å². The lowest BCUT2D eigenvalue weighted by molar-refractivity contribution is -0.116. The number of nitrogens with zero attached hydrogens (tertiary/aromatic N) is 1. The van der Waals surface area contributed by atoms with Crippen LogP contribution in [0.15, 0.2) is 48.5 Å². The molecule has 0 spiro atoms. The Balaban J connectivity index is 1.99. The molecule has 2 aromatic carbocycles. The number of anilines is 1. The Bertz CT molecular complexity index is 1090. The molecule has 1 aromatic heterocycles. The molecule has 30 heavy (non-hydrogen) atoms. The maximum Gasteiger partial charge on any atom is 0.340 e. The molecule has 0 aliphatic rings. The van der Waals surface area contributed by atoms with E-state index in [-0.39, 0.29) is 25.0 Å². The van der Waals surface area contributed by atoms with Gasteiger partial charge >= 0.3 is 5.97 Å². The van der Waals surface area contributed by atoms with Crippen LogP contribution in [0.1, 0.15) is 34.1 Å². The molecule has 0 unspecified atom stereocenters. The van der Waals surface area contributed by atoms with E-state index in [0.717, 1.165) is 22.4 Å². The zero-order valence-electron chi connectivity index (χ0n) is 17.6. The first kappa shape index (κ1) is 21.7. The Morgan fingerprint density at radius 3 is 2.40 bits per heavy atom. The van der Waals surface area contributed by atoms with E-state index in [0.29, 0.717) is 22.0 Å². The second-order valence-corrected chi connectivity index (χ2v) is 7.53. The molecule has 3 rings (SSSR count). The third-order valence-corrected chi connectivity index (χ3v) is 5.46. The quantitative estimate of drug-likeness (QED) is 0.528. The lowest BCUT2D eigenvalue weighted by Gasteiger charge is -2.13. The zero-order valence-corrected chi connectivity index (χ0v) is 18.3. The molecule has 0 bridgehead atoms. The summed E-state index contributed by atoms with van der Waals surface area (Å²) in [5, 5.41) is 3.48. The molecule has 0 fully saturated rings. The van der Waals surface area contributed by atoms with Gasteiger partial charge in [-0.1, -0.05) is 48.0 Å². The van der Waals surface area contributed by atoms with Gasteiger partial charge in [-0.3, -0.25) is 4.79 Å². The van der Waals surface area contributed by atoms with Crippen molar-refractivity contribution in [1.29, 1.82) is 0 Å². The third-order valence-electron chi connectivity index (χ3n) is 5.05. The molecule has 1 heterocycles. The lowest BCUT2D eigenvalue weighted by Crippen LogP contribution is -2.20. The van der Waals surface area contributed by atoms with Crippen molar-refractivity contribution < 1.29 is 14.3 Å². The highest BCUT2D eigenvalue weighted by Crippen LogP contribution is 2.32. The maximum absolute atomic E-state index is 12.8. The summed E-state index contributed by atoms with van der Waals surface area (Å²) in [5.74, 6) is -0.588. The number of aromatic nitrogens is 1. The van der Waals surface area contributed by atoms with Gasteiger partial charge in [-0.15, -0.1) is 0 Å². The number of carbonyl (C=O) groups excluding carboxylic acids is 2. The van der Waals surface area contributed by atoms with Gasteiger partial charge in [0.1, 0.15) is 6.54 Å². The first-order valence-electron chi connectivity index (χ1n) is 9.81. The highest BCUT2D eigenvalue weighted by Gasteiger charge is 2.25. The average Bonchev–Trinajstić information content (AvgIpc) is 2.95. The fourth-order valence-electron chi connectivity index (χ4n) is 3.58. The molecule has 156 valence electrons. The summed E-state index contributed by atoms with van der Waals surface area (Å²) in [5.41, 5.74) is 5.32. The molecule has 3 aromatic rings. The SMILES string of the molecule is CCOC(=O)c1c(C)c(-c2ccccc2)n(CC(=O)Nc2ccc(C)c(Cl)c2)c1C. The van der Waals surface area contributed by atoms with Crippen LogP contribution < -0.4 is 5.32 Å². The minimum atomic E-state index is -0.380. The molecule has 0 aliphatic carbocycles. The van der Waals surface area contributed by atoms with Crippen LogP contribution in [-0.4, -0.2) is 23.1 Å². The first-order valence-corrected chi connectivity index (χ1v) is 10.2. The number of amides is 1. The molecular formula is C24H25ClN2O3. The standard InChI is InChI=1S/C24H25ClN2O3/c1-5-30-24(29)22-16(3)23(18-9-7-6-8-10-18)27(17(22)4)14-21(28)26-19-12-11-15(2)20(25)13-19/h6-13H,5,14H2,1-4H3,(H,26,28). The number of hydrogen-bond donors (Lipinski definition) is 1. The van der Waals surface area contributed by atoms with Crippen LogP contribution in [0.25, 0.3) is 11.3 Å². The van der Waals surface area contributed by atoms with Gasteiger partial charge in [-0.05, 0) is 56.5 Å². The Morgan fingerprint density at radius 2 is 1.77 bits per heavy atom. The average molecular weight is 425 g/mol. The van der Waals surface area contributed by atoms with Gasteiger partial charge in [0.25, 0.3) is 0 Å². The molecule has 0 saturated carbocycles. The van der Waals surface area contributed by atoms with Gasteiger partial charge in [0.05, 0.1) is 17.9 Å². The van der Waals surface area contributed by atoms with Crippen molar-refractivity contribution in [3.05, 3.63) is 75.9 Å². The van der Waals surface area contributed by atoms with E-state index < -0.39 is 0 Å². The Hall–Kier alpha value is -3.05. The molecule has 0 atom stereocenters. The highest BCUT2D eigenvalue weighted by atomic mass is 35.5. The molecular weight excluding hydrogens is 400 g/mol. The minimum Gasteiger partial charge on any atom is -0.462 e. The van der Waals surface area contributed by atoms with Crippen molar-refractivity contribution in [2.45, 2.75) is 34.2 Å². The van der Waals surface area contributed by atoms with Crippen molar-refractivity contribution in [2.75, 3.05) is 11.9 Å². The second kappa shape index (κ2) is 9.18. The fraction of sp³-hybridized carbons (Fsp3) is 0.250. The number of benzene rings is 2. The third kappa shape index (κ3) is 4.41. The summed E-state index contributed by atoms with van der Waals surface area (Å²) in [6, 6.07) is 15.1. The Labute approximate surface area is 181 Å². The Morgan fingerprint density at radius 1 is 1.07 bits per heavy atom. The van der Waals surface area contributed by atoms with Crippen LogP contribution in [0.3, 0.4) is 0 Å². The Kier molecular flexibility index (Phi) is 6.63. The summed E-state index contributed by atoms with van der Waals surface area (Å²) >= 11 is 6.17. The van der Waals surface area contributed by atoms with Gasteiger partial charge in [-0.25, -0.2) is 4.79 Å². The smallest absolute Gasteiger partial charge is 0.340 e. The predicted molar refractivity (Wildman–Crippen MR) is 120 cm³/mol. The summed E-state index contributed by atoms with van der Waals surface area (Å²) in [6.45, 7) is 7.75. The molecule has 6 heteroatoms. The zero-order chi connectivity index (χ0) is 21.8. The van der Waals surface area contributed by atoms with Crippen molar-refractivity contribution in [3.8, 4) is 11.3 Å². The van der Waals surface area contributed by atoms with Crippen molar-refractivity contribution in [2.24, 2.45) is 0 Å². The first-order chi connectivity index (χ1) is 14.3. The van der Waals surface area contributed by atoms with E-state index in [4.69, 9.17) is 16.3 Å². The summed E-state index contributed by atoms with van der Waals surface area (Å²) in [7, 11) is 0. The largest absolute Gasteiger partial charge is 0.462 e. The van der Waals surface area contributed by atoms with Crippen LogP contribution in [0, 0.1) is 20.8 Å².